The van der Waals surface area contributed by atoms with Crippen molar-refractivity contribution in [3.05, 3.63) is 90.0 Å². The van der Waals surface area contributed by atoms with Gasteiger partial charge in [0.05, 0.1) is 13.2 Å². The molecule has 170 valence electrons. The van der Waals surface area contributed by atoms with Crippen molar-refractivity contribution >= 4 is 17.6 Å². The highest BCUT2D eigenvalue weighted by atomic mass is 16.7. The van der Waals surface area contributed by atoms with E-state index >= 15 is 0 Å². The zero-order valence-corrected chi connectivity index (χ0v) is 18.4. The Hall–Kier alpha value is -3.84. The number of anilines is 1. The number of carbonyl (C=O) groups is 2. The van der Waals surface area contributed by atoms with E-state index in [1.165, 1.54) is 0 Å². The maximum Gasteiger partial charge on any atom is 0.320 e. The number of carbonyl (C=O) groups excluding carboxylic acids is 2. The van der Waals surface area contributed by atoms with Crippen molar-refractivity contribution in [2.75, 3.05) is 25.3 Å². The summed E-state index contributed by atoms with van der Waals surface area (Å²) in [5.41, 5.74) is 2.34. The standard InChI is InChI=1S/C26H26N2O5/c1-2-31-24(29)17-28(16-19-9-5-3-6-10-19)25(20-11-7-4-8-12-20)26(30)27-21-13-14-22-23(15-21)33-18-32-22/h3-15,25H,2,16-18H2,1H3,(H,27,30). The normalized spacial score (nSPS) is 12.9. The van der Waals surface area contributed by atoms with Gasteiger partial charge in [0.2, 0.25) is 12.7 Å². The first kappa shape index (κ1) is 22.4. The third-order valence-corrected chi connectivity index (χ3v) is 5.23. The number of nitrogens with one attached hydrogen (secondary N) is 1. The summed E-state index contributed by atoms with van der Waals surface area (Å²) in [6.45, 7) is 2.56. The monoisotopic (exact) mass is 446 g/mol. The first-order valence-electron chi connectivity index (χ1n) is 10.8. The molecule has 1 heterocycles. The lowest BCUT2D eigenvalue weighted by atomic mass is 10.0. The van der Waals surface area contributed by atoms with Crippen LogP contribution >= 0.6 is 0 Å². The van der Waals surface area contributed by atoms with Gasteiger partial charge in [0, 0.05) is 18.3 Å². The molecule has 0 radical (unpaired) electrons. The van der Waals surface area contributed by atoms with Crippen LogP contribution in [-0.2, 0) is 20.9 Å². The van der Waals surface area contributed by atoms with Gasteiger partial charge in [-0.2, -0.15) is 0 Å². The van der Waals surface area contributed by atoms with Crippen LogP contribution in [0.1, 0.15) is 24.1 Å². The minimum Gasteiger partial charge on any atom is -0.465 e. The van der Waals surface area contributed by atoms with Crippen LogP contribution in [0.25, 0.3) is 0 Å². The number of fused-ring (bicyclic) bond motifs is 1. The Kier molecular flexibility index (Phi) is 7.22. The fraction of sp³-hybridized carbons (Fsp3) is 0.231. The molecule has 0 bridgehead atoms. The van der Waals surface area contributed by atoms with Crippen LogP contribution in [0.4, 0.5) is 5.69 Å². The van der Waals surface area contributed by atoms with Gasteiger partial charge in [-0.3, -0.25) is 14.5 Å². The van der Waals surface area contributed by atoms with E-state index in [1.54, 1.807) is 25.1 Å². The van der Waals surface area contributed by atoms with Gasteiger partial charge in [0.15, 0.2) is 11.5 Å². The molecule has 3 aromatic rings. The van der Waals surface area contributed by atoms with Gasteiger partial charge in [-0.05, 0) is 30.2 Å². The third-order valence-electron chi connectivity index (χ3n) is 5.23. The molecule has 4 rings (SSSR count). The Morgan fingerprint density at radius 1 is 0.970 bits per heavy atom. The number of ether oxygens (including phenoxy) is 3. The van der Waals surface area contributed by atoms with E-state index in [0.717, 1.165) is 11.1 Å². The van der Waals surface area contributed by atoms with Gasteiger partial charge >= 0.3 is 5.97 Å². The van der Waals surface area contributed by atoms with Gasteiger partial charge in [0.1, 0.15) is 6.04 Å². The second kappa shape index (κ2) is 10.7. The van der Waals surface area contributed by atoms with Crippen LogP contribution in [0, 0.1) is 0 Å². The second-order valence-electron chi connectivity index (χ2n) is 7.57. The molecule has 0 aromatic heterocycles. The zero-order valence-electron chi connectivity index (χ0n) is 18.4. The Morgan fingerprint density at radius 2 is 1.67 bits per heavy atom. The molecule has 1 N–H and O–H groups in total. The molecule has 7 nitrogen and oxygen atoms in total. The highest BCUT2D eigenvalue weighted by Crippen LogP contribution is 2.35. The molecule has 0 fully saturated rings. The fourth-order valence-corrected chi connectivity index (χ4v) is 3.78. The molecule has 1 unspecified atom stereocenters. The van der Waals surface area contributed by atoms with Crippen LogP contribution in [0.2, 0.25) is 0 Å². The maximum atomic E-state index is 13.6. The second-order valence-corrected chi connectivity index (χ2v) is 7.57. The van der Waals surface area contributed by atoms with Crippen LogP contribution < -0.4 is 14.8 Å². The van der Waals surface area contributed by atoms with Gasteiger partial charge < -0.3 is 19.5 Å². The highest BCUT2D eigenvalue weighted by Gasteiger charge is 2.30. The van der Waals surface area contributed by atoms with Crippen LogP contribution in [-0.4, -0.2) is 36.7 Å². The molecule has 0 saturated carbocycles. The van der Waals surface area contributed by atoms with Crippen molar-refractivity contribution in [2.45, 2.75) is 19.5 Å². The first-order chi connectivity index (χ1) is 16.1. The van der Waals surface area contributed by atoms with Gasteiger partial charge in [-0.1, -0.05) is 60.7 Å². The number of hydrogen-bond donors (Lipinski definition) is 1. The van der Waals surface area contributed by atoms with Crippen molar-refractivity contribution in [1.82, 2.24) is 4.90 Å². The molecule has 0 saturated heterocycles. The molecule has 0 spiro atoms. The number of amides is 1. The lowest BCUT2D eigenvalue weighted by Crippen LogP contribution is -2.40. The molecular weight excluding hydrogens is 420 g/mol. The summed E-state index contributed by atoms with van der Waals surface area (Å²) in [6, 6.07) is 23.7. The van der Waals surface area contributed by atoms with E-state index in [1.807, 2.05) is 65.6 Å². The molecule has 3 aromatic carbocycles. The van der Waals surface area contributed by atoms with E-state index in [4.69, 9.17) is 14.2 Å². The van der Waals surface area contributed by atoms with Crippen LogP contribution in [0.3, 0.4) is 0 Å². The summed E-state index contributed by atoms with van der Waals surface area (Å²) in [7, 11) is 0. The van der Waals surface area contributed by atoms with E-state index in [-0.39, 0.29) is 31.8 Å². The SMILES string of the molecule is CCOC(=O)CN(Cc1ccccc1)C(C(=O)Nc1ccc2c(c1)OCO2)c1ccccc1. The number of hydrogen-bond acceptors (Lipinski definition) is 6. The number of esters is 1. The van der Waals surface area contributed by atoms with Crippen LogP contribution in [0.5, 0.6) is 11.5 Å². The van der Waals surface area contributed by atoms with Crippen LogP contribution in [0.15, 0.2) is 78.9 Å². The van der Waals surface area contributed by atoms with Crippen molar-refractivity contribution < 1.29 is 23.8 Å². The van der Waals surface area contributed by atoms with Crippen molar-refractivity contribution in [3.8, 4) is 11.5 Å². The topological polar surface area (TPSA) is 77.1 Å². The Morgan fingerprint density at radius 3 is 2.39 bits per heavy atom. The Balaban J connectivity index is 1.65. The lowest BCUT2D eigenvalue weighted by molar-refractivity contribution is -0.145. The minimum atomic E-state index is -0.721. The molecule has 1 aliphatic heterocycles. The molecular formula is C26H26N2O5. The first-order valence-corrected chi connectivity index (χ1v) is 10.8. The predicted molar refractivity (Wildman–Crippen MR) is 124 cm³/mol. The van der Waals surface area contributed by atoms with Crippen molar-refractivity contribution in [3.63, 3.8) is 0 Å². The van der Waals surface area contributed by atoms with Gasteiger partial charge in [-0.25, -0.2) is 0 Å². The van der Waals surface area contributed by atoms with Crippen molar-refractivity contribution in [2.24, 2.45) is 0 Å². The summed E-state index contributed by atoms with van der Waals surface area (Å²) in [5.74, 6) is 0.572. The molecule has 33 heavy (non-hydrogen) atoms. The number of rotatable bonds is 9. The Labute approximate surface area is 192 Å². The summed E-state index contributed by atoms with van der Waals surface area (Å²) in [6.07, 6.45) is 0. The predicted octanol–water partition coefficient (Wildman–Crippen LogP) is 4.16. The summed E-state index contributed by atoms with van der Waals surface area (Å²) in [5, 5.41) is 2.97. The average Bonchev–Trinajstić information content (AvgIpc) is 3.29. The quantitative estimate of drug-likeness (QED) is 0.498. The van der Waals surface area contributed by atoms with Crippen molar-refractivity contribution in [1.29, 1.82) is 0 Å². The number of nitrogens with zero attached hydrogens (tertiary/aromatic N) is 1. The molecule has 7 heteroatoms. The van der Waals surface area contributed by atoms with E-state index in [0.29, 0.717) is 23.7 Å². The largest absolute Gasteiger partial charge is 0.465 e. The lowest BCUT2D eigenvalue weighted by Gasteiger charge is -2.30. The fourth-order valence-electron chi connectivity index (χ4n) is 3.78. The Bertz CT molecular complexity index is 1090. The van der Waals surface area contributed by atoms with E-state index in [9.17, 15) is 9.59 Å². The molecule has 0 aliphatic carbocycles. The summed E-state index contributed by atoms with van der Waals surface area (Å²) >= 11 is 0. The smallest absolute Gasteiger partial charge is 0.320 e. The maximum absolute atomic E-state index is 13.6. The third kappa shape index (κ3) is 5.70. The summed E-state index contributed by atoms with van der Waals surface area (Å²) < 4.78 is 16.0. The number of benzene rings is 3. The van der Waals surface area contributed by atoms with Gasteiger partial charge in [-0.15, -0.1) is 0 Å². The highest BCUT2D eigenvalue weighted by molar-refractivity contribution is 5.96. The summed E-state index contributed by atoms with van der Waals surface area (Å²) in [4.78, 5) is 27.9. The molecule has 1 amide bonds. The van der Waals surface area contributed by atoms with E-state index < -0.39 is 6.04 Å². The molecule has 1 atom stereocenters. The van der Waals surface area contributed by atoms with E-state index in [2.05, 4.69) is 5.32 Å². The van der Waals surface area contributed by atoms with Gasteiger partial charge in [0.25, 0.3) is 0 Å². The minimum absolute atomic E-state index is 0.0309. The zero-order chi connectivity index (χ0) is 23.0. The molecule has 1 aliphatic rings. The average molecular weight is 447 g/mol.